The van der Waals surface area contributed by atoms with E-state index in [0.29, 0.717) is 12.0 Å². The van der Waals surface area contributed by atoms with Gasteiger partial charge in [-0.25, -0.2) is 4.39 Å². The fourth-order valence-electron chi connectivity index (χ4n) is 7.83. The molecule has 6 nitrogen and oxygen atoms in total. The van der Waals surface area contributed by atoms with Gasteiger partial charge in [-0.05, 0) is 48.8 Å². The summed E-state index contributed by atoms with van der Waals surface area (Å²) in [6.07, 6.45) is 3.68. The van der Waals surface area contributed by atoms with Crippen molar-refractivity contribution in [3.8, 4) is 0 Å². The molecule has 35 heavy (non-hydrogen) atoms. The van der Waals surface area contributed by atoms with Gasteiger partial charge in [-0.15, -0.1) is 23.2 Å². The van der Waals surface area contributed by atoms with Gasteiger partial charge in [0.15, 0.2) is 18.0 Å². The van der Waals surface area contributed by atoms with Gasteiger partial charge in [0.05, 0.1) is 10.3 Å². The van der Waals surface area contributed by atoms with Crippen LogP contribution < -0.4 is 0 Å². The lowest BCUT2D eigenvalue weighted by Crippen LogP contribution is -2.69. The molecule has 0 spiro atoms. The normalized spacial score (nSPS) is 46.1. The third kappa shape index (κ3) is 3.40. The molecule has 192 valence electrons. The van der Waals surface area contributed by atoms with E-state index >= 15 is 4.39 Å². The molecule has 0 saturated heterocycles. The molecule has 3 fully saturated rings. The monoisotopic (exact) mass is 528 g/mol. The Morgan fingerprint density at radius 3 is 2.40 bits per heavy atom. The van der Waals surface area contributed by atoms with Crippen LogP contribution in [0, 0.1) is 28.6 Å². The van der Waals surface area contributed by atoms with E-state index in [4.69, 9.17) is 32.7 Å². The van der Waals surface area contributed by atoms with Crippen molar-refractivity contribution in [3.63, 3.8) is 0 Å². The number of esters is 2. The number of halogens is 3. The highest BCUT2D eigenvalue weighted by Crippen LogP contribution is 2.73. The number of ketones is 2. The Morgan fingerprint density at radius 2 is 1.80 bits per heavy atom. The van der Waals surface area contributed by atoms with E-state index in [1.54, 1.807) is 6.08 Å². The van der Waals surface area contributed by atoms with Crippen LogP contribution in [0.5, 0.6) is 0 Å². The number of alkyl halides is 3. The first-order chi connectivity index (χ1) is 16.1. The number of allylic oxidation sites excluding steroid dienone is 4. The summed E-state index contributed by atoms with van der Waals surface area (Å²) in [5, 5.41) is -0.740. The van der Waals surface area contributed by atoms with E-state index in [0.717, 1.165) is 0 Å². The first-order valence-corrected chi connectivity index (χ1v) is 12.7. The largest absolute Gasteiger partial charge is 0.458 e. The molecule has 0 aromatic rings. The lowest BCUT2D eigenvalue weighted by Gasteiger charge is -2.64. The minimum absolute atomic E-state index is 0.0382. The van der Waals surface area contributed by atoms with Crippen molar-refractivity contribution in [2.75, 3.05) is 6.61 Å². The summed E-state index contributed by atoms with van der Waals surface area (Å²) in [6.45, 7) is 7.37. The fraction of sp³-hybridized carbons (Fsp3) is 0.692. The van der Waals surface area contributed by atoms with Crippen LogP contribution in [0.3, 0.4) is 0 Å². The number of hydrogen-bond donors (Lipinski definition) is 0. The molecule has 0 aliphatic heterocycles. The summed E-state index contributed by atoms with van der Waals surface area (Å²) in [4.78, 5) is 48.4. The first kappa shape index (κ1) is 26.3. The quantitative estimate of drug-likeness (QED) is 0.394. The van der Waals surface area contributed by atoms with E-state index in [1.807, 2.05) is 20.8 Å². The lowest BCUT2D eigenvalue weighted by molar-refractivity contribution is -0.195. The Bertz CT molecular complexity index is 1060. The Kier molecular flexibility index (Phi) is 6.32. The molecule has 4 aliphatic rings. The Hall–Kier alpha value is -1.73. The second-order valence-electron chi connectivity index (χ2n) is 11.0. The highest BCUT2D eigenvalue weighted by Gasteiger charge is 2.77. The molecule has 4 aliphatic carbocycles. The number of ether oxygens (including phenoxy) is 2. The summed E-state index contributed by atoms with van der Waals surface area (Å²) >= 11 is 14.5. The molecule has 0 heterocycles. The Balaban J connectivity index is 1.85. The average molecular weight is 529 g/mol. The van der Waals surface area contributed by atoms with E-state index in [2.05, 4.69) is 0 Å². The number of carbonyl (C=O) groups excluding carboxylic acids is 4. The van der Waals surface area contributed by atoms with Crippen LogP contribution in [-0.4, -0.2) is 52.1 Å². The predicted octanol–water partition coefficient (Wildman–Crippen LogP) is 4.50. The number of fused-ring (bicyclic) bond motifs is 5. The van der Waals surface area contributed by atoms with Crippen LogP contribution in [-0.2, 0) is 28.7 Å². The minimum atomic E-state index is -1.61. The molecule has 0 unspecified atom stereocenters. The highest BCUT2D eigenvalue weighted by atomic mass is 35.5. The number of Topliss-reactive ketones (excluding diaryl/α,β-unsaturated/α-hetero) is 1. The zero-order valence-corrected chi connectivity index (χ0v) is 22.0. The summed E-state index contributed by atoms with van der Waals surface area (Å²) in [6, 6.07) is 0. The first-order valence-electron chi connectivity index (χ1n) is 11.9. The summed E-state index contributed by atoms with van der Waals surface area (Å²) < 4.78 is 26.6. The van der Waals surface area contributed by atoms with E-state index in [-0.39, 0.29) is 24.5 Å². The number of carbonyl (C=O) groups is 4. The van der Waals surface area contributed by atoms with Crippen molar-refractivity contribution in [2.24, 2.45) is 28.6 Å². The smallest absolute Gasteiger partial charge is 0.303 e. The van der Waals surface area contributed by atoms with Gasteiger partial charge in [0.1, 0.15) is 6.17 Å². The zero-order chi connectivity index (χ0) is 26.1. The van der Waals surface area contributed by atoms with Crippen molar-refractivity contribution in [1.82, 2.24) is 0 Å². The lowest BCUT2D eigenvalue weighted by atomic mass is 9.46. The average Bonchev–Trinajstić information content (AvgIpc) is 2.97. The van der Waals surface area contributed by atoms with Crippen molar-refractivity contribution in [2.45, 2.75) is 75.9 Å². The van der Waals surface area contributed by atoms with Crippen LogP contribution in [0.25, 0.3) is 0 Å². The van der Waals surface area contributed by atoms with Crippen LogP contribution >= 0.6 is 23.2 Å². The SMILES string of the molecule is CC(=O)OCC(=O)[C@@]1(OC(C)=O)[C@H](C)C[C@H]2[C@@H]3C[C@H](F)C4=CC(=O)C=C[C@]4(C)[C@@]3(Cl)[C@@H](Cl)C[C@@]21C. The van der Waals surface area contributed by atoms with Gasteiger partial charge >= 0.3 is 11.9 Å². The molecule has 0 bridgehead atoms. The van der Waals surface area contributed by atoms with Gasteiger partial charge in [-0.1, -0.05) is 26.8 Å². The van der Waals surface area contributed by atoms with Crippen molar-refractivity contribution in [1.29, 1.82) is 0 Å². The predicted molar refractivity (Wildman–Crippen MR) is 128 cm³/mol. The molecule has 0 amide bonds. The maximum Gasteiger partial charge on any atom is 0.303 e. The van der Waals surface area contributed by atoms with E-state index < -0.39 is 69.0 Å². The van der Waals surface area contributed by atoms with Crippen molar-refractivity contribution < 1.29 is 33.0 Å². The van der Waals surface area contributed by atoms with Gasteiger partial charge in [-0.2, -0.15) is 0 Å². The van der Waals surface area contributed by atoms with Gasteiger partial charge in [-0.3, -0.25) is 19.2 Å². The molecular formula is C26H31Cl2FO6. The molecule has 0 radical (unpaired) electrons. The standard InChI is InChI=1S/C26H31Cl2FO6/c1-13-8-17-18-10-20(29)19-9-16(32)6-7-23(19,4)25(18,28)21(27)11-24(17,5)26(13,35-15(3)31)22(33)12-34-14(2)30/h6-7,9,13,17-18,20-21H,8,10-12H2,1-5H3/t13-,17+,18+,20+,21+,23+,24+,25+,26+/m1/s1. The van der Waals surface area contributed by atoms with Crippen LogP contribution in [0.15, 0.2) is 23.8 Å². The maximum atomic E-state index is 15.7. The topological polar surface area (TPSA) is 86.7 Å². The van der Waals surface area contributed by atoms with Crippen LogP contribution in [0.4, 0.5) is 4.39 Å². The van der Waals surface area contributed by atoms with E-state index in [1.165, 1.54) is 26.0 Å². The van der Waals surface area contributed by atoms with Crippen LogP contribution in [0.2, 0.25) is 0 Å². The molecule has 9 atom stereocenters. The highest BCUT2D eigenvalue weighted by molar-refractivity contribution is 6.34. The van der Waals surface area contributed by atoms with Gasteiger partial charge in [0.25, 0.3) is 0 Å². The molecule has 0 N–H and O–H groups in total. The fourth-order valence-corrected chi connectivity index (χ4v) is 9.03. The van der Waals surface area contributed by atoms with Gasteiger partial charge in [0, 0.05) is 30.6 Å². The molecular weight excluding hydrogens is 498 g/mol. The second-order valence-corrected chi connectivity index (χ2v) is 12.1. The van der Waals surface area contributed by atoms with Gasteiger partial charge < -0.3 is 9.47 Å². The van der Waals surface area contributed by atoms with Crippen molar-refractivity contribution in [3.05, 3.63) is 23.8 Å². The summed E-state index contributed by atoms with van der Waals surface area (Å²) in [5.41, 5.74) is -3.26. The third-order valence-electron chi connectivity index (χ3n) is 9.25. The summed E-state index contributed by atoms with van der Waals surface area (Å²) in [7, 11) is 0. The summed E-state index contributed by atoms with van der Waals surface area (Å²) in [5.74, 6) is -3.30. The Labute approximate surface area is 214 Å². The number of hydrogen-bond acceptors (Lipinski definition) is 6. The van der Waals surface area contributed by atoms with Crippen LogP contribution in [0.1, 0.15) is 53.9 Å². The van der Waals surface area contributed by atoms with E-state index in [9.17, 15) is 19.2 Å². The Morgan fingerprint density at radius 1 is 1.14 bits per heavy atom. The second kappa shape index (κ2) is 8.41. The van der Waals surface area contributed by atoms with Crippen molar-refractivity contribution >= 4 is 46.7 Å². The zero-order valence-electron chi connectivity index (χ0n) is 20.5. The number of rotatable bonds is 4. The maximum absolute atomic E-state index is 15.7. The molecule has 0 aromatic carbocycles. The molecule has 4 rings (SSSR count). The molecule has 0 aromatic heterocycles. The van der Waals surface area contributed by atoms with Gasteiger partial charge in [0.2, 0.25) is 5.78 Å². The molecule has 9 heteroatoms. The minimum Gasteiger partial charge on any atom is -0.458 e. The molecule has 3 saturated carbocycles. The third-order valence-corrected chi connectivity index (χ3v) is 10.8.